The number of benzene rings is 2. The number of fused-ring (bicyclic) bond motifs is 1. The average molecular weight is 407 g/mol. The molecule has 0 aliphatic carbocycles. The Morgan fingerprint density at radius 2 is 1.79 bits per heavy atom. The number of hydrogen-bond acceptors (Lipinski definition) is 3. The number of anilines is 1. The van der Waals surface area contributed by atoms with Gasteiger partial charge in [-0.2, -0.15) is 9.78 Å². The van der Waals surface area contributed by atoms with Crippen LogP contribution in [-0.4, -0.2) is 20.3 Å². The van der Waals surface area contributed by atoms with Crippen LogP contribution in [0, 0.1) is 0 Å². The number of carbonyl (C=O) groups excluding carboxylic acids is 1. The minimum Gasteiger partial charge on any atom is -0.353 e. The van der Waals surface area contributed by atoms with Gasteiger partial charge in [-0.15, -0.1) is 0 Å². The zero-order valence-corrected chi connectivity index (χ0v) is 16.6. The summed E-state index contributed by atoms with van der Waals surface area (Å²) in [7, 11) is 0. The van der Waals surface area contributed by atoms with Gasteiger partial charge in [0.25, 0.3) is 11.5 Å². The van der Waals surface area contributed by atoms with E-state index in [1.807, 2.05) is 29.7 Å². The van der Waals surface area contributed by atoms with Gasteiger partial charge in [0, 0.05) is 29.6 Å². The summed E-state index contributed by atoms with van der Waals surface area (Å²) in [6.07, 6.45) is 4.36. The summed E-state index contributed by atoms with van der Waals surface area (Å²) < 4.78 is 3.19. The van der Waals surface area contributed by atoms with Gasteiger partial charge in [-0.3, -0.25) is 9.59 Å². The normalized spacial score (nSPS) is 11.0. The molecule has 6 nitrogen and oxygen atoms in total. The van der Waals surface area contributed by atoms with Gasteiger partial charge >= 0.3 is 0 Å². The third-order valence-electron chi connectivity index (χ3n) is 4.55. The highest BCUT2D eigenvalue weighted by molar-refractivity contribution is 6.30. The zero-order chi connectivity index (χ0) is 20.4. The lowest BCUT2D eigenvalue weighted by atomic mass is 10.1. The second-order valence-corrected chi connectivity index (χ2v) is 7.12. The maximum atomic E-state index is 13.0. The molecule has 0 radical (unpaired) electrons. The van der Waals surface area contributed by atoms with E-state index in [4.69, 9.17) is 11.6 Å². The van der Waals surface area contributed by atoms with Crippen LogP contribution in [-0.2, 0) is 6.54 Å². The molecule has 0 bridgehead atoms. The van der Waals surface area contributed by atoms with E-state index in [0.717, 1.165) is 6.42 Å². The Balaban J connectivity index is 1.82. The molecular weight excluding hydrogens is 388 g/mol. The monoisotopic (exact) mass is 406 g/mol. The molecule has 2 aromatic rings. The molecule has 0 fully saturated rings. The number of pyridine rings is 1. The van der Waals surface area contributed by atoms with Gasteiger partial charge in [-0.05, 0) is 42.8 Å². The van der Waals surface area contributed by atoms with E-state index >= 15 is 0 Å². The van der Waals surface area contributed by atoms with E-state index in [1.54, 1.807) is 48.8 Å². The number of hydrogen-bond donors (Lipinski definition) is 1. The molecule has 0 saturated carbocycles. The van der Waals surface area contributed by atoms with Gasteiger partial charge in [-0.25, -0.2) is 0 Å². The maximum Gasteiger partial charge on any atom is 0.282 e. The first-order chi connectivity index (χ1) is 14.1. The minimum absolute atomic E-state index is 0.253. The third-order valence-corrected chi connectivity index (χ3v) is 4.80. The van der Waals surface area contributed by atoms with Gasteiger partial charge in [0.05, 0.1) is 16.8 Å². The van der Waals surface area contributed by atoms with Crippen molar-refractivity contribution in [1.29, 1.82) is 0 Å². The number of carbonyl (C=O) groups is 1. The first-order valence-corrected chi connectivity index (χ1v) is 9.70. The fourth-order valence-electron chi connectivity index (χ4n) is 3.19. The van der Waals surface area contributed by atoms with Gasteiger partial charge in [0.1, 0.15) is 5.69 Å². The van der Waals surface area contributed by atoms with Crippen molar-refractivity contribution in [3.05, 3.63) is 87.9 Å². The largest absolute Gasteiger partial charge is 0.353 e. The summed E-state index contributed by atoms with van der Waals surface area (Å²) in [6, 6.07) is 16.0. The molecule has 2 aliphatic heterocycles. The minimum atomic E-state index is -0.333. The molecule has 0 unspecified atom stereocenters. The summed E-state index contributed by atoms with van der Waals surface area (Å²) in [5.74, 6) is -0.333. The third kappa shape index (κ3) is 3.79. The number of nitrogens with zero attached hydrogens (tertiary/aromatic N) is 3. The van der Waals surface area contributed by atoms with Gasteiger partial charge in [0.15, 0.2) is 0 Å². The molecule has 0 saturated heterocycles. The van der Waals surface area contributed by atoms with Crippen LogP contribution in [0.3, 0.4) is 0 Å². The molecule has 4 rings (SSSR count). The summed E-state index contributed by atoms with van der Waals surface area (Å²) in [5, 5.41) is 7.91. The summed E-state index contributed by atoms with van der Waals surface area (Å²) in [5.41, 5.74) is 2.14. The van der Waals surface area contributed by atoms with E-state index in [2.05, 4.69) is 10.4 Å². The Bertz CT molecular complexity index is 1180. The van der Waals surface area contributed by atoms with Crippen molar-refractivity contribution in [1.82, 2.24) is 14.3 Å². The lowest BCUT2D eigenvalue weighted by Gasteiger charge is -2.12. The van der Waals surface area contributed by atoms with Crippen molar-refractivity contribution in [3.8, 4) is 16.9 Å². The molecule has 2 heterocycles. The number of aromatic nitrogens is 3. The summed E-state index contributed by atoms with van der Waals surface area (Å²) in [4.78, 5) is 26.0. The van der Waals surface area contributed by atoms with Gasteiger partial charge in [-0.1, -0.05) is 36.7 Å². The van der Waals surface area contributed by atoms with Crippen molar-refractivity contribution in [2.24, 2.45) is 0 Å². The predicted octanol–water partition coefficient (Wildman–Crippen LogP) is 4.45. The molecule has 7 heteroatoms. The van der Waals surface area contributed by atoms with Crippen LogP contribution in [0.1, 0.15) is 23.7 Å². The smallest absolute Gasteiger partial charge is 0.282 e. The Labute approximate surface area is 172 Å². The molecule has 2 aromatic carbocycles. The van der Waals surface area contributed by atoms with Crippen LogP contribution < -0.4 is 10.9 Å². The number of rotatable bonds is 5. The average Bonchev–Trinajstić information content (AvgIpc) is 3.07. The van der Waals surface area contributed by atoms with Crippen molar-refractivity contribution in [2.75, 3.05) is 5.32 Å². The van der Waals surface area contributed by atoms with E-state index in [0.29, 0.717) is 39.8 Å². The second-order valence-electron chi connectivity index (χ2n) is 6.69. The number of aryl methyl sites for hydroxylation is 1. The quantitative estimate of drug-likeness (QED) is 0.532. The van der Waals surface area contributed by atoms with Crippen LogP contribution in [0.5, 0.6) is 0 Å². The Morgan fingerprint density at radius 3 is 2.48 bits per heavy atom. The summed E-state index contributed by atoms with van der Waals surface area (Å²) >= 11 is 5.91. The molecular formula is C22H19ClN4O2. The van der Waals surface area contributed by atoms with E-state index in [1.165, 1.54) is 4.68 Å². The standard InChI is InChI=1S/C22H19ClN4O2/c1-2-12-26-13-18(21(28)24-16-10-8-15(23)9-11-16)20-19(14-26)22(29)27(25-20)17-6-4-3-5-7-17/h3-11,13-14H,2,12H2,1H3,(H,24,28). The number of nitrogens with one attached hydrogen (secondary N) is 1. The van der Waals surface area contributed by atoms with Crippen LogP contribution >= 0.6 is 11.6 Å². The number of para-hydroxylation sites is 1. The molecule has 0 spiro atoms. The van der Waals surface area contributed by atoms with Crippen LogP contribution in [0.4, 0.5) is 5.69 Å². The highest BCUT2D eigenvalue weighted by Crippen LogP contribution is 2.24. The van der Waals surface area contributed by atoms with Crippen LogP contribution in [0.15, 0.2) is 71.8 Å². The molecule has 0 atom stereocenters. The lowest BCUT2D eigenvalue weighted by molar-refractivity contribution is 0.102. The molecule has 1 amide bonds. The molecule has 0 aromatic heterocycles. The highest BCUT2D eigenvalue weighted by Gasteiger charge is 2.24. The Morgan fingerprint density at radius 1 is 1.07 bits per heavy atom. The van der Waals surface area contributed by atoms with E-state index in [-0.39, 0.29) is 11.5 Å². The SMILES string of the molecule is CCCn1cc(C(=O)Nc2ccc(Cl)cc2)c2nn(-c3ccccc3)c(=O)c-2c1. The van der Waals surface area contributed by atoms with Crippen molar-refractivity contribution in [3.63, 3.8) is 0 Å². The molecule has 146 valence electrons. The Kier molecular flexibility index (Phi) is 5.18. The van der Waals surface area contributed by atoms with Crippen LogP contribution in [0.25, 0.3) is 16.9 Å². The lowest BCUT2D eigenvalue weighted by Crippen LogP contribution is -2.17. The topological polar surface area (TPSA) is 68.9 Å². The van der Waals surface area contributed by atoms with Crippen molar-refractivity contribution in [2.45, 2.75) is 19.9 Å². The number of amides is 1. The fourth-order valence-corrected chi connectivity index (χ4v) is 3.32. The maximum absolute atomic E-state index is 13.0. The number of halogens is 1. The van der Waals surface area contributed by atoms with Crippen molar-refractivity contribution < 1.29 is 4.79 Å². The van der Waals surface area contributed by atoms with Crippen LogP contribution in [0.2, 0.25) is 5.02 Å². The van der Waals surface area contributed by atoms with E-state index < -0.39 is 0 Å². The first-order valence-electron chi connectivity index (χ1n) is 9.32. The first kappa shape index (κ1) is 19.0. The fraction of sp³-hybridized carbons (Fsp3) is 0.136. The molecule has 1 N–H and O–H groups in total. The van der Waals surface area contributed by atoms with E-state index in [9.17, 15) is 9.59 Å². The van der Waals surface area contributed by atoms with Gasteiger partial charge < -0.3 is 9.88 Å². The molecule has 2 aliphatic rings. The molecule has 29 heavy (non-hydrogen) atoms. The second kappa shape index (κ2) is 7.93. The van der Waals surface area contributed by atoms with Gasteiger partial charge in [0.2, 0.25) is 0 Å². The highest BCUT2D eigenvalue weighted by atomic mass is 35.5. The van der Waals surface area contributed by atoms with Crippen molar-refractivity contribution >= 4 is 23.2 Å². The predicted molar refractivity (Wildman–Crippen MR) is 114 cm³/mol. The zero-order valence-electron chi connectivity index (χ0n) is 15.8. The summed E-state index contributed by atoms with van der Waals surface area (Å²) in [6.45, 7) is 2.73. The Hall–Kier alpha value is -3.38.